The fourth-order valence-electron chi connectivity index (χ4n) is 3.97. The number of benzene rings is 1. The SMILES string of the molecule is Cc1nc(S(=O)(=O)Cc2coc(-c3cccc(Cl)c3)n2)n(C2CCCCC2)c1C. The average molecular weight is 434 g/mol. The maximum Gasteiger partial charge on any atom is 0.228 e. The quantitative estimate of drug-likeness (QED) is 0.546. The molecule has 4 rings (SSSR count). The molecule has 0 N–H and O–H groups in total. The van der Waals surface area contributed by atoms with Gasteiger partial charge in [0.05, 0.1) is 11.4 Å². The molecule has 1 fully saturated rings. The highest BCUT2D eigenvalue weighted by Crippen LogP contribution is 2.33. The van der Waals surface area contributed by atoms with Gasteiger partial charge in [0.1, 0.15) is 12.0 Å². The number of oxazole rings is 1. The lowest BCUT2D eigenvalue weighted by Crippen LogP contribution is -2.20. The van der Waals surface area contributed by atoms with Crippen LogP contribution >= 0.6 is 11.6 Å². The van der Waals surface area contributed by atoms with E-state index in [0.717, 1.165) is 37.1 Å². The summed E-state index contributed by atoms with van der Waals surface area (Å²) in [4.78, 5) is 8.79. The highest BCUT2D eigenvalue weighted by atomic mass is 35.5. The molecule has 2 aromatic heterocycles. The van der Waals surface area contributed by atoms with E-state index in [1.807, 2.05) is 24.5 Å². The van der Waals surface area contributed by atoms with Gasteiger partial charge < -0.3 is 8.98 Å². The zero-order valence-corrected chi connectivity index (χ0v) is 18.1. The number of imidazole rings is 1. The van der Waals surface area contributed by atoms with Crippen LogP contribution in [0.15, 0.2) is 40.1 Å². The first-order valence-corrected chi connectivity index (χ1v) is 11.9. The molecule has 0 bridgehead atoms. The summed E-state index contributed by atoms with van der Waals surface area (Å²) in [6.45, 7) is 3.81. The van der Waals surface area contributed by atoms with Gasteiger partial charge in [0.15, 0.2) is 0 Å². The van der Waals surface area contributed by atoms with Crippen LogP contribution in [0.5, 0.6) is 0 Å². The molecule has 3 aromatic rings. The van der Waals surface area contributed by atoms with Gasteiger partial charge in [-0.3, -0.25) is 0 Å². The van der Waals surface area contributed by atoms with E-state index in [9.17, 15) is 8.42 Å². The van der Waals surface area contributed by atoms with Crippen molar-refractivity contribution in [2.75, 3.05) is 0 Å². The third-order valence-electron chi connectivity index (χ3n) is 5.53. The van der Waals surface area contributed by atoms with Crippen molar-refractivity contribution in [3.05, 3.63) is 52.6 Å². The molecule has 1 aliphatic carbocycles. The van der Waals surface area contributed by atoms with Crippen LogP contribution in [0.3, 0.4) is 0 Å². The van der Waals surface area contributed by atoms with Crippen LogP contribution in [0.2, 0.25) is 5.02 Å². The van der Waals surface area contributed by atoms with Gasteiger partial charge in [-0.1, -0.05) is 36.9 Å². The number of aromatic nitrogens is 3. The first-order chi connectivity index (χ1) is 13.8. The van der Waals surface area contributed by atoms with Crippen molar-refractivity contribution in [3.63, 3.8) is 0 Å². The minimum absolute atomic E-state index is 0.145. The Bertz CT molecular complexity index is 1130. The molecule has 154 valence electrons. The summed E-state index contributed by atoms with van der Waals surface area (Å²) in [6.07, 6.45) is 6.81. The second-order valence-electron chi connectivity index (χ2n) is 7.64. The number of rotatable bonds is 5. The lowest BCUT2D eigenvalue weighted by atomic mass is 9.95. The standard InChI is InChI=1S/C21H24ClN3O3S/c1-14-15(2)25(19-9-4-3-5-10-19)21(23-14)29(26,27)13-18-12-28-20(24-18)16-7-6-8-17(22)11-16/h6-8,11-12,19H,3-5,9-10,13H2,1-2H3. The Morgan fingerprint density at radius 2 is 1.93 bits per heavy atom. The lowest BCUT2D eigenvalue weighted by molar-refractivity contribution is 0.329. The fourth-order valence-corrected chi connectivity index (χ4v) is 5.67. The maximum atomic E-state index is 13.2. The van der Waals surface area contributed by atoms with Crippen molar-refractivity contribution >= 4 is 21.4 Å². The summed E-state index contributed by atoms with van der Waals surface area (Å²) in [5, 5.41) is 0.710. The summed E-state index contributed by atoms with van der Waals surface area (Å²) in [6, 6.07) is 7.29. The van der Waals surface area contributed by atoms with Crippen LogP contribution in [0.1, 0.15) is 55.2 Å². The van der Waals surface area contributed by atoms with E-state index in [1.165, 1.54) is 12.7 Å². The minimum Gasteiger partial charge on any atom is -0.444 e. The summed E-state index contributed by atoms with van der Waals surface area (Å²) < 4.78 is 33.9. The Morgan fingerprint density at radius 3 is 2.66 bits per heavy atom. The van der Waals surface area contributed by atoms with Crippen molar-refractivity contribution in [1.82, 2.24) is 14.5 Å². The molecule has 8 heteroatoms. The van der Waals surface area contributed by atoms with Crippen LogP contribution in [0.25, 0.3) is 11.5 Å². The minimum atomic E-state index is -3.67. The molecule has 6 nitrogen and oxygen atoms in total. The normalized spacial score (nSPS) is 15.7. The molecule has 0 aliphatic heterocycles. The number of nitrogens with zero attached hydrogens (tertiary/aromatic N) is 3. The second-order valence-corrected chi connectivity index (χ2v) is 9.96. The van der Waals surface area contributed by atoms with Gasteiger partial charge in [-0.2, -0.15) is 0 Å². The molecule has 1 aliphatic rings. The van der Waals surface area contributed by atoms with Gasteiger partial charge in [-0.25, -0.2) is 18.4 Å². The van der Waals surface area contributed by atoms with E-state index in [-0.39, 0.29) is 17.0 Å². The molecule has 29 heavy (non-hydrogen) atoms. The van der Waals surface area contributed by atoms with Crippen molar-refractivity contribution in [1.29, 1.82) is 0 Å². The summed E-state index contributed by atoms with van der Waals surface area (Å²) in [5.41, 5.74) is 2.74. The molecule has 1 aromatic carbocycles. The smallest absolute Gasteiger partial charge is 0.228 e. The molecule has 0 atom stereocenters. The number of sulfone groups is 1. The first kappa shape index (κ1) is 20.2. The molecule has 0 unspecified atom stereocenters. The number of hydrogen-bond donors (Lipinski definition) is 0. The molecule has 1 saturated carbocycles. The molecule has 0 amide bonds. The van der Waals surface area contributed by atoms with Gasteiger partial charge in [-0.05, 0) is 44.9 Å². The first-order valence-electron chi connectivity index (χ1n) is 9.83. The van der Waals surface area contributed by atoms with Crippen molar-refractivity contribution in [3.8, 4) is 11.5 Å². The topological polar surface area (TPSA) is 78.0 Å². The monoisotopic (exact) mass is 433 g/mol. The van der Waals surface area contributed by atoms with E-state index < -0.39 is 9.84 Å². The predicted octanol–water partition coefficient (Wildman–Crippen LogP) is 5.29. The zero-order valence-electron chi connectivity index (χ0n) is 16.6. The van der Waals surface area contributed by atoms with Gasteiger partial charge >= 0.3 is 0 Å². The van der Waals surface area contributed by atoms with Crippen LogP contribution < -0.4 is 0 Å². The Morgan fingerprint density at radius 1 is 1.17 bits per heavy atom. The van der Waals surface area contributed by atoms with Gasteiger partial charge in [0.25, 0.3) is 0 Å². The van der Waals surface area contributed by atoms with Gasteiger partial charge in [0.2, 0.25) is 20.9 Å². The molecule has 0 spiro atoms. The lowest BCUT2D eigenvalue weighted by Gasteiger charge is -2.26. The number of aryl methyl sites for hydroxylation is 1. The van der Waals surface area contributed by atoms with Crippen molar-refractivity contribution < 1.29 is 12.8 Å². The van der Waals surface area contributed by atoms with Gasteiger partial charge in [0, 0.05) is 22.3 Å². The molecular formula is C21H24ClN3O3S. The highest BCUT2D eigenvalue weighted by Gasteiger charge is 2.30. The van der Waals surface area contributed by atoms with E-state index in [2.05, 4.69) is 9.97 Å². The van der Waals surface area contributed by atoms with Crippen LogP contribution in [-0.4, -0.2) is 23.0 Å². The summed E-state index contributed by atoms with van der Waals surface area (Å²) in [5.74, 6) is 0.0975. The van der Waals surface area contributed by atoms with Crippen LogP contribution in [-0.2, 0) is 15.6 Å². The Balaban J connectivity index is 1.64. The fraction of sp³-hybridized carbons (Fsp3) is 0.429. The average Bonchev–Trinajstić information content (AvgIpc) is 3.27. The van der Waals surface area contributed by atoms with Crippen molar-refractivity contribution in [2.24, 2.45) is 0 Å². The molecule has 2 heterocycles. The van der Waals surface area contributed by atoms with E-state index in [1.54, 1.807) is 18.2 Å². The second kappa shape index (κ2) is 7.95. The largest absolute Gasteiger partial charge is 0.444 e. The third kappa shape index (κ3) is 4.12. The Hall–Kier alpha value is -2.12. The summed E-state index contributed by atoms with van der Waals surface area (Å²) in [7, 11) is -3.67. The van der Waals surface area contributed by atoms with Crippen LogP contribution in [0.4, 0.5) is 0 Å². The predicted molar refractivity (Wildman–Crippen MR) is 112 cm³/mol. The number of halogens is 1. The Kier molecular flexibility index (Phi) is 5.53. The number of hydrogen-bond acceptors (Lipinski definition) is 5. The van der Waals surface area contributed by atoms with Gasteiger partial charge in [-0.15, -0.1) is 0 Å². The maximum absolute atomic E-state index is 13.2. The highest BCUT2D eigenvalue weighted by molar-refractivity contribution is 7.90. The summed E-state index contributed by atoms with van der Waals surface area (Å²) >= 11 is 6.02. The van der Waals surface area contributed by atoms with E-state index >= 15 is 0 Å². The van der Waals surface area contributed by atoms with Crippen molar-refractivity contribution in [2.45, 2.75) is 62.9 Å². The van der Waals surface area contributed by atoms with E-state index in [4.69, 9.17) is 16.0 Å². The Labute approximate surface area is 175 Å². The zero-order chi connectivity index (χ0) is 20.6. The van der Waals surface area contributed by atoms with Crippen LogP contribution in [0, 0.1) is 13.8 Å². The third-order valence-corrected chi connectivity index (χ3v) is 7.29. The molecule has 0 saturated heterocycles. The van der Waals surface area contributed by atoms with E-state index in [0.29, 0.717) is 22.2 Å². The molecular weight excluding hydrogens is 410 g/mol. The molecule has 0 radical (unpaired) electrons.